The van der Waals surface area contributed by atoms with Crippen molar-refractivity contribution in [3.63, 3.8) is 0 Å². The van der Waals surface area contributed by atoms with Crippen LogP contribution in [-0.4, -0.2) is 25.2 Å². The van der Waals surface area contributed by atoms with Gasteiger partial charge in [-0.15, -0.1) is 0 Å². The summed E-state index contributed by atoms with van der Waals surface area (Å²) < 4.78 is 5.08. The van der Waals surface area contributed by atoms with E-state index in [2.05, 4.69) is 0 Å². The molecule has 0 radical (unpaired) electrons. The molecular formula is C16H17NO3. The first-order valence-corrected chi connectivity index (χ1v) is 6.28. The topological polar surface area (TPSA) is 49.8 Å². The van der Waals surface area contributed by atoms with Crippen LogP contribution < -0.4 is 9.64 Å². The molecule has 0 saturated carbocycles. The van der Waals surface area contributed by atoms with Gasteiger partial charge in [-0.05, 0) is 29.8 Å². The Morgan fingerprint density at radius 2 is 1.90 bits per heavy atom. The number of carbonyl (C=O) groups is 1. The van der Waals surface area contributed by atoms with E-state index in [1.165, 1.54) is 4.90 Å². The van der Waals surface area contributed by atoms with Gasteiger partial charge in [0.25, 0.3) is 0 Å². The molecule has 0 saturated heterocycles. The maximum absolute atomic E-state index is 12.2. The van der Waals surface area contributed by atoms with E-state index >= 15 is 0 Å². The fourth-order valence-electron chi connectivity index (χ4n) is 1.88. The Morgan fingerprint density at radius 3 is 2.50 bits per heavy atom. The zero-order valence-corrected chi connectivity index (χ0v) is 11.5. The summed E-state index contributed by atoms with van der Waals surface area (Å²) in [6.07, 6.45) is 0.302. The molecule has 0 aliphatic heterocycles. The molecule has 0 spiro atoms. The average molecular weight is 271 g/mol. The number of amides is 1. The summed E-state index contributed by atoms with van der Waals surface area (Å²) in [7, 11) is 3.30. The third-order valence-corrected chi connectivity index (χ3v) is 3.11. The van der Waals surface area contributed by atoms with Gasteiger partial charge in [-0.2, -0.15) is 0 Å². The van der Waals surface area contributed by atoms with Gasteiger partial charge in [-0.1, -0.05) is 18.2 Å². The lowest BCUT2D eigenvalue weighted by molar-refractivity contribution is -0.117. The van der Waals surface area contributed by atoms with Crippen LogP contribution in [0.25, 0.3) is 0 Å². The molecule has 1 N–H and O–H groups in total. The number of hydrogen-bond acceptors (Lipinski definition) is 3. The Kier molecular flexibility index (Phi) is 4.25. The van der Waals surface area contributed by atoms with E-state index < -0.39 is 0 Å². The second-order valence-corrected chi connectivity index (χ2v) is 4.50. The zero-order valence-electron chi connectivity index (χ0n) is 11.5. The second kappa shape index (κ2) is 6.10. The fourth-order valence-corrected chi connectivity index (χ4v) is 1.88. The Bertz CT molecular complexity index is 593. The van der Waals surface area contributed by atoms with Crippen molar-refractivity contribution >= 4 is 11.6 Å². The minimum Gasteiger partial charge on any atom is -0.508 e. The van der Waals surface area contributed by atoms with Crippen molar-refractivity contribution in [1.29, 1.82) is 0 Å². The van der Waals surface area contributed by atoms with Gasteiger partial charge in [0.05, 0.1) is 13.5 Å². The molecule has 2 aromatic carbocycles. The molecule has 0 unspecified atom stereocenters. The molecule has 0 fully saturated rings. The van der Waals surface area contributed by atoms with Crippen molar-refractivity contribution in [2.75, 3.05) is 19.1 Å². The lowest BCUT2D eigenvalue weighted by atomic mass is 10.1. The van der Waals surface area contributed by atoms with Crippen molar-refractivity contribution in [2.45, 2.75) is 6.42 Å². The Balaban J connectivity index is 2.07. The lowest BCUT2D eigenvalue weighted by Gasteiger charge is -2.17. The van der Waals surface area contributed by atoms with E-state index in [4.69, 9.17) is 4.74 Å². The van der Waals surface area contributed by atoms with Crippen LogP contribution in [-0.2, 0) is 11.2 Å². The minimum atomic E-state index is -0.0410. The Morgan fingerprint density at radius 1 is 1.20 bits per heavy atom. The number of hydrogen-bond donors (Lipinski definition) is 1. The van der Waals surface area contributed by atoms with Crippen LogP contribution in [0, 0.1) is 0 Å². The number of rotatable bonds is 4. The third-order valence-electron chi connectivity index (χ3n) is 3.11. The number of methoxy groups -OCH3 is 1. The highest BCUT2D eigenvalue weighted by molar-refractivity contribution is 5.94. The van der Waals surface area contributed by atoms with Crippen molar-refractivity contribution in [3.8, 4) is 11.5 Å². The van der Waals surface area contributed by atoms with Crippen LogP contribution in [0.1, 0.15) is 5.56 Å². The summed E-state index contributed by atoms with van der Waals surface area (Å²) in [4.78, 5) is 13.7. The molecule has 4 nitrogen and oxygen atoms in total. The molecule has 0 aliphatic rings. The van der Waals surface area contributed by atoms with Crippen molar-refractivity contribution in [1.82, 2.24) is 0 Å². The number of carbonyl (C=O) groups excluding carboxylic acids is 1. The van der Waals surface area contributed by atoms with Gasteiger partial charge in [-0.25, -0.2) is 0 Å². The van der Waals surface area contributed by atoms with E-state index in [0.717, 1.165) is 11.3 Å². The molecule has 0 aliphatic carbocycles. The number of benzene rings is 2. The summed E-state index contributed by atoms with van der Waals surface area (Å²) in [5, 5.41) is 9.44. The van der Waals surface area contributed by atoms with Crippen LogP contribution in [0.3, 0.4) is 0 Å². The monoisotopic (exact) mass is 271 g/mol. The van der Waals surface area contributed by atoms with Gasteiger partial charge in [0.1, 0.15) is 11.5 Å². The molecule has 20 heavy (non-hydrogen) atoms. The Hall–Kier alpha value is -2.49. The fraction of sp³-hybridized carbons (Fsp3) is 0.188. The van der Waals surface area contributed by atoms with Crippen molar-refractivity contribution in [3.05, 3.63) is 54.1 Å². The number of ether oxygens (including phenoxy) is 1. The standard InChI is InChI=1S/C16H17NO3/c1-17(13-4-3-5-14(18)11-13)16(19)10-12-6-8-15(20-2)9-7-12/h3-9,11,18H,10H2,1-2H3. The number of likely N-dealkylation sites (N-methyl/N-ethyl adjacent to an activating group) is 1. The predicted molar refractivity (Wildman–Crippen MR) is 78.2 cm³/mol. The summed E-state index contributed by atoms with van der Waals surface area (Å²) >= 11 is 0. The minimum absolute atomic E-state index is 0.0410. The summed E-state index contributed by atoms with van der Waals surface area (Å²) in [6.45, 7) is 0. The SMILES string of the molecule is COc1ccc(CC(=O)N(C)c2cccc(O)c2)cc1. The molecule has 2 rings (SSSR count). The predicted octanol–water partition coefficient (Wildman–Crippen LogP) is 2.61. The van der Waals surface area contributed by atoms with Gasteiger partial charge < -0.3 is 14.7 Å². The van der Waals surface area contributed by atoms with E-state index in [-0.39, 0.29) is 11.7 Å². The van der Waals surface area contributed by atoms with Crippen LogP contribution in [0.15, 0.2) is 48.5 Å². The molecule has 104 valence electrons. The average Bonchev–Trinajstić information content (AvgIpc) is 2.47. The van der Waals surface area contributed by atoms with Crippen LogP contribution >= 0.6 is 0 Å². The first-order chi connectivity index (χ1) is 9.60. The quantitative estimate of drug-likeness (QED) is 0.930. The summed E-state index contributed by atoms with van der Waals surface area (Å²) in [5.41, 5.74) is 1.59. The van der Waals surface area contributed by atoms with E-state index in [1.807, 2.05) is 24.3 Å². The summed E-state index contributed by atoms with van der Waals surface area (Å²) in [6, 6.07) is 14.0. The molecule has 2 aromatic rings. The van der Waals surface area contributed by atoms with Gasteiger partial charge in [0.2, 0.25) is 5.91 Å². The third kappa shape index (κ3) is 3.29. The molecule has 0 atom stereocenters. The highest BCUT2D eigenvalue weighted by Crippen LogP contribution is 2.20. The highest BCUT2D eigenvalue weighted by atomic mass is 16.5. The van der Waals surface area contributed by atoms with Crippen LogP contribution in [0.2, 0.25) is 0 Å². The van der Waals surface area contributed by atoms with Crippen molar-refractivity contribution < 1.29 is 14.6 Å². The molecule has 0 bridgehead atoms. The molecule has 0 aromatic heterocycles. The number of nitrogens with zero attached hydrogens (tertiary/aromatic N) is 1. The van der Waals surface area contributed by atoms with Gasteiger partial charge in [0.15, 0.2) is 0 Å². The molecule has 1 amide bonds. The zero-order chi connectivity index (χ0) is 14.5. The molecular weight excluding hydrogens is 254 g/mol. The highest BCUT2D eigenvalue weighted by Gasteiger charge is 2.12. The van der Waals surface area contributed by atoms with Crippen molar-refractivity contribution in [2.24, 2.45) is 0 Å². The summed E-state index contributed by atoms with van der Waals surface area (Å²) in [5.74, 6) is 0.870. The lowest BCUT2D eigenvalue weighted by Crippen LogP contribution is -2.27. The second-order valence-electron chi connectivity index (χ2n) is 4.50. The number of phenolic OH excluding ortho intramolecular Hbond substituents is 1. The number of anilines is 1. The molecule has 4 heteroatoms. The van der Waals surface area contributed by atoms with Gasteiger partial charge >= 0.3 is 0 Å². The smallest absolute Gasteiger partial charge is 0.231 e. The number of phenols is 1. The largest absolute Gasteiger partial charge is 0.508 e. The first kappa shape index (κ1) is 13.9. The van der Waals surface area contributed by atoms with E-state index in [9.17, 15) is 9.90 Å². The van der Waals surface area contributed by atoms with Gasteiger partial charge in [-0.3, -0.25) is 4.79 Å². The van der Waals surface area contributed by atoms with E-state index in [0.29, 0.717) is 12.1 Å². The maximum atomic E-state index is 12.2. The van der Waals surface area contributed by atoms with Crippen LogP contribution in [0.4, 0.5) is 5.69 Å². The van der Waals surface area contributed by atoms with E-state index in [1.54, 1.807) is 38.4 Å². The van der Waals surface area contributed by atoms with Crippen LogP contribution in [0.5, 0.6) is 11.5 Å². The van der Waals surface area contributed by atoms with Gasteiger partial charge in [0, 0.05) is 18.8 Å². The molecule has 0 heterocycles. The normalized spacial score (nSPS) is 10.1. The Labute approximate surface area is 118 Å². The first-order valence-electron chi connectivity index (χ1n) is 6.28. The maximum Gasteiger partial charge on any atom is 0.231 e. The number of aromatic hydroxyl groups is 1.